The van der Waals surface area contributed by atoms with Gasteiger partial charge in [0.05, 0.1) is 11.1 Å². The Morgan fingerprint density at radius 1 is 0.941 bits per heavy atom. The second-order valence-electron chi connectivity index (χ2n) is 11.7. The molecule has 0 spiro atoms. The van der Waals surface area contributed by atoms with Crippen LogP contribution in [0.25, 0.3) is 11.1 Å². The molecule has 182 valence electrons. The lowest BCUT2D eigenvalue weighted by molar-refractivity contribution is 0.113. The molecule has 2 fully saturated rings. The van der Waals surface area contributed by atoms with Gasteiger partial charge in [-0.25, -0.2) is 9.38 Å². The summed E-state index contributed by atoms with van der Waals surface area (Å²) >= 11 is 0. The summed E-state index contributed by atoms with van der Waals surface area (Å²) in [6, 6.07) is 14.3. The van der Waals surface area contributed by atoms with Crippen LogP contribution in [0, 0.1) is 23.6 Å². The van der Waals surface area contributed by atoms with Crippen molar-refractivity contribution in [2.75, 3.05) is 6.61 Å². The molecule has 0 saturated heterocycles. The van der Waals surface area contributed by atoms with Gasteiger partial charge < -0.3 is 4.74 Å². The third-order valence-corrected chi connectivity index (χ3v) is 8.57. The predicted octanol–water partition coefficient (Wildman–Crippen LogP) is 8.54. The summed E-state index contributed by atoms with van der Waals surface area (Å²) in [6.45, 7) is 6.81. The van der Waals surface area contributed by atoms with Gasteiger partial charge in [0.2, 0.25) is 5.90 Å². The zero-order valence-electron chi connectivity index (χ0n) is 21.2. The van der Waals surface area contributed by atoms with E-state index in [0.717, 1.165) is 28.9 Å². The summed E-state index contributed by atoms with van der Waals surface area (Å²) in [5, 5.41) is 0. The minimum Gasteiger partial charge on any atom is -0.475 e. The Kier molecular flexibility index (Phi) is 6.82. The van der Waals surface area contributed by atoms with E-state index in [4.69, 9.17) is 4.74 Å². The van der Waals surface area contributed by atoms with Crippen LogP contribution in [0.3, 0.4) is 0 Å². The zero-order chi connectivity index (χ0) is 23.7. The van der Waals surface area contributed by atoms with Gasteiger partial charge in [-0.3, -0.25) is 0 Å². The van der Waals surface area contributed by atoms with Gasteiger partial charge in [-0.2, -0.15) is 0 Å². The van der Waals surface area contributed by atoms with Crippen LogP contribution in [-0.2, 0) is 4.74 Å². The molecule has 1 heterocycles. The van der Waals surface area contributed by atoms with E-state index in [2.05, 4.69) is 36.2 Å². The molecule has 0 aromatic heterocycles. The summed E-state index contributed by atoms with van der Waals surface area (Å²) in [7, 11) is 0. The van der Waals surface area contributed by atoms with Crippen molar-refractivity contribution >= 4 is 5.90 Å². The molecule has 3 heteroatoms. The monoisotopic (exact) mass is 461 g/mol. The van der Waals surface area contributed by atoms with Gasteiger partial charge in [0, 0.05) is 0 Å². The van der Waals surface area contributed by atoms with Crippen molar-refractivity contribution in [3.63, 3.8) is 0 Å². The number of hydrogen-bond acceptors (Lipinski definition) is 2. The topological polar surface area (TPSA) is 21.6 Å². The Hall–Kier alpha value is -2.16. The SMILES string of the molecule is CCCCC1CC[C@@H]2C[C@H](c3ccc(-c4ccc(C5=NC(C)(C)CO5)c(F)c4)cc3)CC[C@@H]2C1. The van der Waals surface area contributed by atoms with Gasteiger partial charge in [0.1, 0.15) is 12.4 Å². The molecule has 1 aliphatic heterocycles. The molecule has 2 aliphatic carbocycles. The fourth-order valence-electron chi connectivity index (χ4n) is 6.58. The fourth-order valence-corrected chi connectivity index (χ4v) is 6.58. The van der Waals surface area contributed by atoms with Crippen molar-refractivity contribution < 1.29 is 9.13 Å². The molecule has 2 saturated carbocycles. The van der Waals surface area contributed by atoms with Crippen molar-refractivity contribution in [3.8, 4) is 11.1 Å². The third-order valence-electron chi connectivity index (χ3n) is 8.57. The first-order valence-electron chi connectivity index (χ1n) is 13.5. The largest absolute Gasteiger partial charge is 0.475 e. The minimum atomic E-state index is -0.288. The van der Waals surface area contributed by atoms with Crippen molar-refractivity contribution in [1.82, 2.24) is 0 Å². The third kappa shape index (κ3) is 5.09. The maximum Gasteiger partial charge on any atom is 0.219 e. The maximum atomic E-state index is 14.9. The van der Waals surface area contributed by atoms with Crippen molar-refractivity contribution in [2.45, 2.75) is 90.0 Å². The number of unbranched alkanes of at least 4 members (excludes halogenated alkanes) is 1. The lowest BCUT2D eigenvalue weighted by atomic mass is 9.63. The summed E-state index contributed by atoms with van der Waals surface area (Å²) in [4.78, 5) is 4.52. The molecular formula is C31H40FNO. The van der Waals surface area contributed by atoms with E-state index >= 15 is 0 Å². The standard InChI is InChI=1S/C31H40FNO/c1-4-5-6-21-7-8-26-18-25(14-13-24(26)17-21)22-9-11-23(12-10-22)27-15-16-28(29(32)19-27)30-33-31(2,3)20-34-30/h9-12,15-16,19,21,24-26H,4-8,13-14,17-18,20H2,1-3H3/t21?,24-,25-,26-/m1/s1. The Morgan fingerprint density at radius 3 is 2.38 bits per heavy atom. The molecule has 0 amide bonds. The molecule has 2 aromatic carbocycles. The van der Waals surface area contributed by atoms with Crippen LogP contribution in [0.5, 0.6) is 0 Å². The van der Waals surface area contributed by atoms with Gasteiger partial charge in [0.25, 0.3) is 0 Å². The average Bonchev–Trinajstić information content (AvgIpc) is 3.21. The maximum absolute atomic E-state index is 14.9. The van der Waals surface area contributed by atoms with Gasteiger partial charge >= 0.3 is 0 Å². The number of ether oxygens (including phenoxy) is 1. The van der Waals surface area contributed by atoms with E-state index in [1.54, 1.807) is 12.1 Å². The van der Waals surface area contributed by atoms with Gasteiger partial charge in [-0.15, -0.1) is 0 Å². The molecule has 2 nitrogen and oxygen atoms in total. The Balaban J connectivity index is 1.23. The number of fused-ring (bicyclic) bond motifs is 1. The lowest BCUT2D eigenvalue weighted by Crippen LogP contribution is -2.30. The Labute approximate surface area is 205 Å². The van der Waals surface area contributed by atoms with Crippen LogP contribution >= 0.6 is 0 Å². The minimum absolute atomic E-state index is 0.272. The second-order valence-corrected chi connectivity index (χ2v) is 11.7. The number of aliphatic imine (C=N–C) groups is 1. The number of benzene rings is 2. The molecule has 0 radical (unpaired) electrons. The first-order valence-corrected chi connectivity index (χ1v) is 13.5. The molecule has 0 N–H and O–H groups in total. The highest BCUT2D eigenvalue weighted by Crippen LogP contribution is 2.48. The Morgan fingerprint density at radius 2 is 1.68 bits per heavy atom. The average molecular weight is 462 g/mol. The smallest absolute Gasteiger partial charge is 0.219 e. The van der Waals surface area contributed by atoms with Crippen LogP contribution in [-0.4, -0.2) is 18.0 Å². The number of rotatable bonds is 6. The molecule has 4 atom stereocenters. The van der Waals surface area contributed by atoms with Crippen LogP contribution in [0.2, 0.25) is 0 Å². The van der Waals surface area contributed by atoms with Crippen LogP contribution in [0.1, 0.15) is 95.6 Å². The molecule has 34 heavy (non-hydrogen) atoms. The highest BCUT2D eigenvalue weighted by molar-refractivity contribution is 5.96. The molecule has 5 rings (SSSR count). The highest BCUT2D eigenvalue weighted by atomic mass is 19.1. The summed E-state index contributed by atoms with van der Waals surface area (Å²) < 4.78 is 20.5. The summed E-state index contributed by atoms with van der Waals surface area (Å²) in [5.74, 6) is 3.70. The van der Waals surface area contributed by atoms with Crippen molar-refractivity contribution in [1.29, 1.82) is 0 Å². The first-order chi connectivity index (χ1) is 16.4. The number of hydrogen-bond donors (Lipinski definition) is 0. The van der Waals surface area contributed by atoms with E-state index in [1.165, 1.54) is 63.4 Å². The quantitative estimate of drug-likeness (QED) is 0.422. The van der Waals surface area contributed by atoms with Crippen LogP contribution < -0.4 is 0 Å². The lowest BCUT2D eigenvalue weighted by Gasteiger charge is -2.42. The molecule has 3 aliphatic rings. The fraction of sp³-hybridized carbons (Fsp3) is 0.581. The van der Waals surface area contributed by atoms with E-state index in [9.17, 15) is 4.39 Å². The van der Waals surface area contributed by atoms with Crippen molar-refractivity contribution in [2.24, 2.45) is 22.7 Å². The molecule has 2 aromatic rings. The summed E-state index contributed by atoms with van der Waals surface area (Å²) in [6.07, 6.45) is 12.6. The highest BCUT2D eigenvalue weighted by Gasteiger charge is 2.35. The molecular weight excluding hydrogens is 421 g/mol. The Bertz CT molecular complexity index is 1020. The zero-order valence-corrected chi connectivity index (χ0v) is 21.2. The van der Waals surface area contributed by atoms with Crippen LogP contribution in [0.15, 0.2) is 47.5 Å². The van der Waals surface area contributed by atoms with Gasteiger partial charge in [-0.1, -0.05) is 62.9 Å². The predicted molar refractivity (Wildman–Crippen MR) is 139 cm³/mol. The van der Waals surface area contributed by atoms with Gasteiger partial charge in [0.15, 0.2) is 0 Å². The van der Waals surface area contributed by atoms with E-state index in [1.807, 2.05) is 19.9 Å². The molecule has 0 bridgehead atoms. The van der Waals surface area contributed by atoms with Crippen LogP contribution in [0.4, 0.5) is 4.39 Å². The summed E-state index contributed by atoms with van der Waals surface area (Å²) in [5.41, 5.74) is 3.59. The number of nitrogens with zero attached hydrogens (tertiary/aromatic N) is 1. The normalized spacial score (nSPS) is 28.2. The second kappa shape index (κ2) is 9.84. The van der Waals surface area contributed by atoms with Gasteiger partial charge in [-0.05, 0) is 98.4 Å². The van der Waals surface area contributed by atoms with E-state index < -0.39 is 0 Å². The number of halogens is 1. The first kappa shape index (κ1) is 23.6. The molecule has 1 unspecified atom stereocenters. The van der Waals surface area contributed by atoms with E-state index in [0.29, 0.717) is 24.0 Å². The van der Waals surface area contributed by atoms with Crippen molar-refractivity contribution in [3.05, 3.63) is 59.4 Å². The van der Waals surface area contributed by atoms with E-state index in [-0.39, 0.29) is 11.4 Å².